The second-order valence-corrected chi connectivity index (χ2v) is 5.53. The van der Waals surface area contributed by atoms with Crippen molar-refractivity contribution in [3.8, 4) is 5.75 Å². The number of rotatable bonds is 4. The molecule has 1 aliphatic rings. The third kappa shape index (κ3) is 2.76. The van der Waals surface area contributed by atoms with Crippen LogP contribution in [0.15, 0.2) is 71.4 Å². The minimum absolute atomic E-state index is 0.1000. The molecule has 1 aliphatic heterocycles. The first-order valence-electron chi connectivity index (χ1n) is 7.58. The number of hydrogen-bond acceptors (Lipinski definition) is 4. The number of amides is 1. The van der Waals surface area contributed by atoms with Crippen molar-refractivity contribution in [3.63, 3.8) is 0 Å². The molecule has 0 radical (unpaired) electrons. The number of oxime groups is 1. The maximum absolute atomic E-state index is 12.6. The molecule has 0 aliphatic carbocycles. The Morgan fingerprint density at radius 3 is 2.42 bits per heavy atom. The van der Waals surface area contributed by atoms with Crippen LogP contribution in [0.4, 0.5) is 5.69 Å². The molecule has 24 heavy (non-hydrogen) atoms. The Bertz CT molecular complexity index is 795. The molecule has 122 valence electrons. The van der Waals surface area contributed by atoms with Crippen LogP contribution in [0, 0.1) is 0 Å². The fourth-order valence-corrected chi connectivity index (χ4v) is 2.81. The Balaban J connectivity index is 2.01. The van der Waals surface area contributed by atoms with Gasteiger partial charge in [0, 0.05) is 11.3 Å². The second-order valence-electron chi connectivity index (χ2n) is 5.53. The van der Waals surface area contributed by atoms with E-state index in [2.05, 4.69) is 5.16 Å². The zero-order valence-corrected chi connectivity index (χ0v) is 13.5. The second kappa shape index (κ2) is 6.58. The smallest absolute Gasteiger partial charge is 0.257 e. The number of benzene rings is 2. The number of nitrogens with zero attached hydrogens (tertiary/aromatic N) is 2. The summed E-state index contributed by atoms with van der Waals surface area (Å²) >= 11 is 0. The third-order valence-corrected chi connectivity index (χ3v) is 4.01. The predicted octanol–water partition coefficient (Wildman–Crippen LogP) is 3.56. The average Bonchev–Trinajstić information content (AvgIpc) is 2.64. The third-order valence-electron chi connectivity index (χ3n) is 4.01. The lowest BCUT2D eigenvalue weighted by atomic mass is 9.86. The number of hydrogen-bond donors (Lipinski definition) is 1. The number of β-lactam (4-membered cyclic amide) rings is 1. The molecule has 0 bridgehead atoms. The molecule has 1 unspecified atom stereocenters. The van der Waals surface area contributed by atoms with E-state index >= 15 is 0 Å². The molecule has 1 fully saturated rings. The van der Waals surface area contributed by atoms with E-state index in [0.717, 1.165) is 17.0 Å². The fourth-order valence-electron chi connectivity index (χ4n) is 2.81. The summed E-state index contributed by atoms with van der Waals surface area (Å²) in [6.45, 7) is 1.65. The van der Waals surface area contributed by atoms with E-state index in [1.807, 2.05) is 54.6 Å². The monoisotopic (exact) mass is 322 g/mol. The van der Waals surface area contributed by atoms with Crippen molar-refractivity contribution < 1.29 is 14.7 Å². The summed E-state index contributed by atoms with van der Waals surface area (Å²) in [5, 5.41) is 12.0. The van der Waals surface area contributed by atoms with Crippen molar-refractivity contribution in [3.05, 3.63) is 71.8 Å². The molecule has 0 aromatic heterocycles. The van der Waals surface area contributed by atoms with E-state index in [9.17, 15) is 4.79 Å². The minimum atomic E-state index is -0.205. The summed E-state index contributed by atoms with van der Waals surface area (Å²) in [6.07, 6.45) is 1.63. The van der Waals surface area contributed by atoms with E-state index in [1.165, 1.54) is 0 Å². The fraction of sp³-hybridized carbons (Fsp3) is 0.158. The predicted molar refractivity (Wildman–Crippen MR) is 92.6 cm³/mol. The van der Waals surface area contributed by atoms with Gasteiger partial charge in [0.05, 0.1) is 18.9 Å². The first-order chi connectivity index (χ1) is 11.7. The van der Waals surface area contributed by atoms with Crippen LogP contribution in [0.1, 0.15) is 18.5 Å². The van der Waals surface area contributed by atoms with Gasteiger partial charge >= 0.3 is 0 Å². The number of allylic oxidation sites excluding steroid dienone is 1. The quantitative estimate of drug-likeness (QED) is 0.308. The van der Waals surface area contributed by atoms with Crippen molar-refractivity contribution in [2.75, 3.05) is 12.0 Å². The Morgan fingerprint density at radius 2 is 1.83 bits per heavy atom. The van der Waals surface area contributed by atoms with Crippen LogP contribution in [0.5, 0.6) is 5.75 Å². The summed E-state index contributed by atoms with van der Waals surface area (Å²) < 4.78 is 5.17. The molecule has 1 N–H and O–H groups in total. The van der Waals surface area contributed by atoms with E-state index in [4.69, 9.17) is 9.94 Å². The largest absolute Gasteiger partial charge is 0.497 e. The Labute approximate surface area is 140 Å². The van der Waals surface area contributed by atoms with Crippen LogP contribution in [-0.2, 0) is 4.79 Å². The highest BCUT2D eigenvalue weighted by atomic mass is 16.5. The first kappa shape index (κ1) is 15.8. The summed E-state index contributed by atoms with van der Waals surface area (Å²) in [5.41, 5.74) is 2.80. The molecule has 2 aromatic carbocycles. The number of ether oxygens (including phenoxy) is 1. The Morgan fingerprint density at radius 1 is 1.17 bits per heavy atom. The lowest BCUT2D eigenvalue weighted by Gasteiger charge is -2.43. The molecule has 1 saturated heterocycles. The molecule has 1 heterocycles. The summed E-state index contributed by atoms with van der Waals surface area (Å²) in [7, 11) is 1.61. The standard InChI is InChI=1S/C19H18N2O3/c1-13(20-23)12-17-18(14-6-4-3-5-7-14)21(19(17)22)15-8-10-16(24-2)11-9-15/h3-12,18,23H,1-2H3/b17-12+,20-13?. The van der Waals surface area contributed by atoms with Crippen molar-refractivity contribution in [2.45, 2.75) is 13.0 Å². The average molecular weight is 322 g/mol. The lowest BCUT2D eigenvalue weighted by Crippen LogP contribution is -2.49. The van der Waals surface area contributed by atoms with Gasteiger partial charge in [0.25, 0.3) is 5.91 Å². The van der Waals surface area contributed by atoms with Crippen LogP contribution in [-0.4, -0.2) is 23.9 Å². The van der Waals surface area contributed by atoms with Crippen LogP contribution in [0.2, 0.25) is 0 Å². The van der Waals surface area contributed by atoms with E-state index in [-0.39, 0.29) is 11.9 Å². The summed E-state index contributed by atoms with van der Waals surface area (Å²) in [4.78, 5) is 14.4. The molecular formula is C19H18N2O3. The van der Waals surface area contributed by atoms with Gasteiger partial charge in [0.2, 0.25) is 0 Å². The van der Waals surface area contributed by atoms with Gasteiger partial charge in [-0.25, -0.2) is 0 Å². The van der Waals surface area contributed by atoms with Gasteiger partial charge in [0.15, 0.2) is 0 Å². The molecular weight excluding hydrogens is 304 g/mol. The van der Waals surface area contributed by atoms with Crippen LogP contribution < -0.4 is 9.64 Å². The molecule has 2 aromatic rings. The summed E-state index contributed by atoms with van der Waals surface area (Å²) in [5.74, 6) is 0.638. The molecule has 5 nitrogen and oxygen atoms in total. The summed E-state index contributed by atoms with van der Waals surface area (Å²) in [6, 6.07) is 16.9. The highest BCUT2D eigenvalue weighted by Crippen LogP contribution is 2.43. The SMILES string of the molecule is COc1ccc(N2C(=O)/C(=C/C(C)=NO)C2c2ccccc2)cc1. The van der Waals surface area contributed by atoms with E-state index < -0.39 is 0 Å². The molecule has 0 spiro atoms. The van der Waals surface area contributed by atoms with E-state index in [1.54, 1.807) is 25.0 Å². The number of carbonyl (C=O) groups is 1. The maximum Gasteiger partial charge on any atom is 0.257 e. The van der Waals surface area contributed by atoms with Crippen LogP contribution in [0.3, 0.4) is 0 Å². The van der Waals surface area contributed by atoms with Gasteiger partial charge in [-0.3, -0.25) is 9.69 Å². The Hall–Kier alpha value is -3.08. The lowest BCUT2D eigenvalue weighted by molar-refractivity contribution is -0.119. The van der Waals surface area contributed by atoms with Crippen molar-refractivity contribution in [1.82, 2.24) is 0 Å². The molecule has 1 atom stereocenters. The molecule has 3 rings (SSSR count). The first-order valence-corrected chi connectivity index (χ1v) is 7.58. The van der Waals surface area contributed by atoms with Gasteiger partial charge in [-0.1, -0.05) is 35.5 Å². The van der Waals surface area contributed by atoms with Crippen LogP contribution in [0.25, 0.3) is 0 Å². The topological polar surface area (TPSA) is 62.1 Å². The van der Waals surface area contributed by atoms with E-state index in [0.29, 0.717) is 11.3 Å². The zero-order valence-electron chi connectivity index (χ0n) is 13.5. The minimum Gasteiger partial charge on any atom is -0.497 e. The van der Waals surface area contributed by atoms with Crippen LogP contribution >= 0.6 is 0 Å². The van der Waals surface area contributed by atoms with Crippen molar-refractivity contribution >= 4 is 17.3 Å². The number of methoxy groups -OCH3 is 1. The van der Waals surface area contributed by atoms with Gasteiger partial charge in [-0.15, -0.1) is 0 Å². The highest BCUT2D eigenvalue weighted by Gasteiger charge is 2.43. The van der Waals surface area contributed by atoms with Crippen molar-refractivity contribution in [1.29, 1.82) is 0 Å². The zero-order chi connectivity index (χ0) is 17.1. The van der Waals surface area contributed by atoms with Gasteiger partial charge in [-0.05, 0) is 42.8 Å². The highest BCUT2D eigenvalue weighted by molar-refractivity contribution is 6.18. The molecule has 1 amide bonds. The molecule has 5 heteroatoms. The van der Waals surface area contributed by atoms with Gasteiger partial charge in [-0.2, -0.15) is 0 Å². The maximum atomic E-state index is 12.6. The molecule has 0 saturated carbocycles. The Kier molecular flexibility index (Phi) is 4.33. The van der Waals surface area contributed by atoms with Gasteiger partial charge < -0.3 is 9.94 Å². The van der Waals surface area contributed by atoms with Crippen molar-refractivity contribution in [2.24, 2.45) is 5.16 Å². The normalized spacial score (nSPS) is 19.3. The number of anilines is 1. The number of carbonyl (C=O) groups excluding carboxylic acids is 1. The van der Waals surface area contributed by atoms with Gasteiger partial charge in [0.1, 0.15) is 5.75 Å².